The number of thioether (sulfide) groups is 1. The van der Waals surface area contributed by atoms with Gasteiger partial charge < -0.3 is 15.0 Å². The van der Waals surface area contributed by atoms with E-state index in [0.29, 0.717) is 41.9 Å². The lowest BCUT2D eigenvalue weighted by Gasteiger charge is -2.25. The molecule has 30 heavy (non-hydrogen) atoms. The van der Waals surface area contributed by atoms with Gasteiger partial charge in [-0.2, -0.15) is 5.26 Å². The number of benzene rings is 1. The highest BCUT2D eigenvalue weighted by Gasteiger charge is 2.28. The Morgan fingerprint density at radius 3 is 2.70 bits per heavy atom. The molecule has 1 aromatic heterocycles. The van der Waals surface area contributed by atoms with Crippen LogP contribution in [0.25, 0.3) is 0 Å². The molecule has 1 aliphatic rings. The highest BCUT2D eigenvalue weighted by molar-refractivity contribution is 7.99. The van der Waals surface area contributed by atoms with Crippen LogP contribution < -0.4 is 5.32 Å². The van der Waals surface area contributed by atoms with Gasteiger partial charge in [0, 0.05) is 21.6 Å². The average molecular weight is 444 g/mol. The topological polar surface area (TPSA) is 82.4 Å². The number of nitrogens with one attached hydrogen (secondary N) is 1. The van der Waals surface area contributed by atoms with Crippen molar-refractivity contribution in [3.63, 3.8) is 0 Å². The predicted molar refractivity (Wildman–Crippen MR) is 120 cm³/mol. The van der Waals surface area contributed by atoms with Crippen molar-refractivity contribution in [1.29, 1.82) is 5.26 Å². The molecule has 1 aromatic carbocycles. The van der Waals surface area contributed by atoms with Crippen LogP contribution in [0, 0.1) is 11.3 Å². The van der Waals surface area contributed by atoms with Gasteiger partial charge >= 0.3 is 6.09 Å². The summed E-state index contributed by atoms with van der Waals surface area (Å²) in [6.07, 6.45) is 0.479. The maximum Gasteiger partial charge on any atom is 0.410 e. The smallest absolute Gasteiger partial charge is 0.410 e. The average Bonchev–Trinajstić information content (AvgIpc) is 3.05. The van der Waals surface area contributed by atoms with Crippen molar-refractivity contribution < 1.29 is 14.3 Å². The lowest BCUT2D eigenvalue weighted by molar-refractivity contribution is -0.115. The van der Waals surface area contributed by atoms with Gasteiger partial charge in [-0.15, -0.1) is 23.1 Å². The van der Waals surface area contributed by atoms with E-state index < -0.39 is 0 Å². The fourth-order valence-electron chi connectivity index (χ4n) is 3.29. The number of hydrogen-bond donors (Lipinski definition) is 1. The molecule has 2 amide bonds. The second kappa shape index (κ2) is 10.0. The van der Waals surface area contributed by atoms with E-state index in [1.54, 1.807) is 23.6 Å². The molecule has 0 fully saturated rings. The van der Waals surface area contributed by atoms with Crippen LogP contribution in [-0.4, -0.2) is 35.3 Å². The molecule has 3 rings (SSSR count). The molecule has 0 radical (unpaired) electrons. The first-order valence-electron chi connectivity index (χ1n) is 9.93. The number of thiophene rings is 1. The van der Waals surface area contributed by atoms with Crippen LogP contribution in [0.4, 0.5) is 9.80 Å². The van der Waals surface area contributed by atoms with E-state index in [-0.39, 0.29) is 18.4 Å². The highest BCUT2D eigenvalue weighted by atomic mass is 32.2. The van der Waals surface area contributed by atoms with Crippen molar-refractivity contribution in [1.82, 2.24) is 4.90 Å². The zero-order valence-corrected chi connectivity index (χ0v) is 19.0. The van der Waals surface area contributed by atoms with E-state index in [4.69, 9.17) is 4.74 Å². The fourth-order valence-corrected chi connectivity index (χ4v) is 5.36. The Kier molecular flexibility index (Phi) is 7.40. The lowest BCUT2D eigenvalue weighted by atomic mass is 10.0. The minimum Gasteiger partial charge on any atom is -0.450 e. The molecule has 0 saturated carbocycles. The quantitative estimate of drug-likeness (QED) is 0.648. The minimum absolute atomic E-state index is 0.156. The van der Waals surface area contributed by atoms with Gasteiger partial charge in [0.25, 0.3) is 0 Å². The maximum absolute atomic E-state index is 12.6. The third kappa shape index (κ3) is 5.35. The van der Waals surface area contributed by atoms with Gasteiger partial charge in [-0.05, 0) is 36.6 Å². The summed E-state index contributed by atoms with van der Waals surface area (Å²) in [4.78, 5) is 28.3. The summed E-state index contributed by atoms with van der Waals surface area (Å²) in [6.45, 7) is 7.30. The molecule has 0 atom stereocenters. The minimum atomic E-state index is -0.347. The largest absolute Gasteiger partial charge is 0.450 e. The number of ether oxygens (including phenoxy) is 1. The van der Waals surface area contributed by atoms with E-state index in [9.17, 15) is 14.9 Å². The third-order valence-corrected chi connectivity index (χ3v) is 6.76. The zero-order chi connectivity index (χ0) is 21.7. The molecule has 1 N–H and O–H groups in total. The number of fused-ring (bicyclic) bond motifs is 1. The first-order chi connectivity index (χ1) is 14.4. The number of nitriles is 1. The Bertz CT molecular complexity index is 961. The van der Waals surface area contributed by atoms with Crippen molar-refractivity contribution in [2.75, 3.05) is 18.5 Å². The van der Waals surface area contributed by atoms with Gasteiger partial charge in [0.1, 0.15) is 11.1 Å². The Morgan fingerprint density at radius 2 is 2.07 bits per heavy atom. The standard InChI is InChI=1S/C22H25N3O3S2/c1-4-28-22(27)25-10-9-17-18(12-23)21(30-19(17)13-25)24-20(26)11-15-5-7-16(8-6-15)29-14(2)3/h5-8,14H,4,9-11,13H2,1-3H3,(H,24,26). The van der Waals surface area contributed by atoms with Gasteiger partial charge in [-0.1, -0.05) is 26.0 Å². The molecular formula is C22H25N3O3S2. The van der Waals surface area contributed by atoms with Crippen LogP contribution in [0.2, 0.25) is 0 Å². The fraction of sp³-hybridized carbons (Fsp3) is 0.409. The molecule has 2 aromatic rings. The summed E-state index contributed by atoms with van der Waals surface area (Å²) >= 11 is 3.15. The number of rotatable bonds is 6. The van der Waals surface area contributed by atoms with Crippen molar-refractivity contribution in [3.8, 4) is 6.07 Å². The predicted octanol–water partition coefficient (Wildman–Crippen LogP) is 4.82. The van der Waals surface area contributed by atoms with E-state index in [1.165, 1.54) is 16.2 Å². The number of carbonyl (C=O) groups excluding carboxylic acids is 2. The zero-order valence-electron chi connectivity index (χ0n) is 17.4. The van der Waals surface area contributed by atoms with Gasteiger partial charge in [-0.3, -0.25) is 4.79 Å². The normalized spacial score (nSPS) is 13.0. The summed E-state index contributed by atoms with van der Waals surface area (Å²) < 4.78 is 5.08. The van der Waals surface area contributed by atoms with Crippen LogP contribution in [-0.2, 0) is 28.9 Å². The molecule has 2 heterocycles. The second-order valence-corrected chi connectivity index (χ2v) is 9.98. The van der Waals surface area contributed by atoms with E-state index in [2.05, 4.69) is 25.2 Å². The van der Waals surface area contributed by atoms with Gasteiger partial charge in [0.15, 0.2) is 0 Å². The Hall–Kier alpha value is -2.50. The molecule has 0 saturated heterocycles. The van der Waals surface area contributed by atoms with Gasteiger partial charge in [0.05, 0.1) is 25.1 Å². The third-order valence-electron chi connectivity index (χ3n) is 4.61. The van der Waals surface area contributed by atoms with Gasteiger partial charge in [-0.25, -0.2) is 4.79 Å². The van der Waals surface area contributed by atoms with Crippen molar-refractivity contribution in [2.24, 2.45) is 0 Å². The van der Waals surface area contributed by atoms with Crippen LogP contribution in [0.3, 0.4) is 0 Å². The molecule has 8 heteroatoms. The van der Waals surface area contributed by atoms with Crippen LogP contribution in [0.1, 0.15) is 42.3 Å². The maximum atomic E-state index is 12.6. The SMILES string of the molecule is CCOC(=O)N1CCc2c(sc(NC(=O)Cc3ccc(SC(C)C)cc3)c2C#N)C1. The molecule has 0 spiro atoms. The van der Waals surface area contributed by atoms with Crippen LogP contribution >= 0.6 is 23.1 Å². The Labute approximate surface area is 185 Å². The second-order valence-electron chi connectivity index (χ2n) is 7.23. The first-order valence-corrected chi connectivity index (χ1v) is 11.6. The molecular weight excluding hydrogens is 418 g/mol. The summed E-state index contributed by atoms with van der Waals surface area (Å²) in [5.74, 6) is -0.156. The molecule has 6 nitrogen and oxygen atoms in total. The molecule has 0 unspecified atom stereocenters. The molecule has 0 bridgehead atoms. The molecule has 158 valence electrons. The lowest BCUT2D eigenvalue weighted by Crippen LogP contribution is -2.35. The van der Waals surface area contributed by atoms with Crippen molar-refractivity contribution in [3.05, 3.63) is 45.8 Å². The Morgan fingerprint density at radius 1 is 1.33 bits per heavy atom. The number of carbonyl (C=O) groups is 2. The summed E-state index contributed by atoms with van der Waals surface area (Å²) in [7, 11) is 0. The summed E-state index contributed by atoms with van der Waals surface area (Å²) in [5.41, 5.74) is 2.36. The summed E-state index contributed by atoms with van der Waals surface area (Å²) in [5, 5.41) is 13.6. The number of hydrogen-bond acceptors (Lipinski definition) is 6. The van der Waals surface area contributed by atoms with Crippen LogP contribution in [0.15, 0.2) is 29.2 Å². The molecule has 1 aliphatic heterocycles. The first kappa shape index (κ1) is 22.2. The Balaban J connectivity index is 1.67. The highest BCUT2D eigenvalue weighted by Crippen LogP contribution is 2.37. The monoisotopic (exact) mass is 443 g/mol. The van der Waals surface area contributed by atoms with E-state index in [1.807, 2.05) is 24.3 Å². The number of amides is 2. The van der Waals surface area contributed by atoms with Crippen molar-refractivity contribution >= 4 is 40.1 Å². The number of anilines is 1. The van der Waals surface area contributed by atoms with Crippen molar-refractivity contribution in [2.45, 2.75) is 50.3 Å². The number of nitrogens with zero attached hydrogens (tertiary/aromatic N) is 2. The van der Waals surface area contributed by atoms with E-state index >= 15 is 0 Å². The van der Waals surface area contributed by atoms with E-state index in [0.717, 1.165) is 16.0 Å². The summed E-state index contributed by atoms with van der Waals surface area (Å²) in [6, 6.07) is 10.2. The van der Waals surface area contributed by atoms with Gasteiger partial charge in [0.2, 0.25) is 5.91 Å². The molecule has 0 aliphatic carbocycles. The van der Waals surface area contributed by atoms with Crippen LogP contribution in [0.5, 0.6) is 0 Å².